The molecular weight excluding hydrogens is 420 g/mol. The molecule has 24 heavy (non-hydrogen) atoms. The van der Waals surface area contributed by atoms with E-state index in [-0.39, 0.29) is 5.91 Å². The number of ether oxygens (including phenoxy) is 1. The van der Waals surface area contributed by atoms with E-state index >= 15 is 0 Å². The van der Waals surface area contributed by atoms with E-state index in [2.05, 4.69) is 15.9 Å². The molecule has 1 amide bonds. The normalized spacial score (nSPS) is 16.2. The van der Waals surface area contributed by atoms with Crippen molar-refractivity contribution in [3.05, 3.63) is 27.7 Å². The highest BCUT2D eigenvalue weighted by Gasteiger charge is 2.25. The summed E-state index contributed by atoms with van der Waals surface area (Å²) in [6.45, 7) is 1.98. The summed E-state index contributed by atoms with van der Waals surface area (Å²) in [4.78, 5) is 13.9. The van der Waals surface area contributed by atoms with E-state index in [1.165, 1.54) is 10.6 Å². The standard InChI is InChI=1S/C15H20BrClN2O4S/c1-24(21,22)19-8-6-18(7-9-19)15(20)3-2-10-23-14-5-4-12(16)11-13(14)17/h4-5,11H,2-3,6-10H2,1H3. The first-order valence-electron chi connectivity index (χ1n) is 7.58. The first-order valence-corrected chi connectivity index (χ1v) is 10.6. The second-order valence-electron chi connectivity index (χ2n) is 5.57. The van der Waals surface area contributed by atoms with E-state index in [1.807, 2.05) is 6.07 Å². The van der Waals surface area contributed by atoms with Gasteiger partial charge in [-0.15, -0.1) is 0 Å². The summed E-state index contributed by atoms with van der Waals surface area (Å²) < 4.78 is 30.8. The summed E-state index contributed by atoms with van der Waals surface area (Å²) in [6.07, 6.45) is 2.14. The van der Waals surface area contributed by atoms with Crippen LogP contribution in [-0.4, -0.2) is 62.6 Å². The van der Waals surface area contributed by atoms with Gasteiger partial charge < -0.3 is 9.64 Å². The van der Waals surface area contributed by atoms with E-state index in [9.17, 15) is 13.2 Å². The average Bonchev–Trinajstić information content (AvgIpc) is 2.52. The van der Waals surface area contributed by atoms with E-state index in [1.54, 1.807) is 17.0 Å². The zero-order valence-corrected chi connectivity index (χ0v) is 16.5. The molecule has 0 aromatic heterocycles. The third-order valence-corrected chi connectivity index (χ3v) is 5.84. The SMILES string of the molecule is CS(=O)(=O)N1CCN(C(=O)CCCOc2ccc(Br)cc2Cl)CC1. The van der Waals surface area contributed by atoms with Gasteiger partial charge in [-0.25, -0.2) is 8.42 Å². The minimum absolute atomic E-state index is 0.0219. The Labute approximate surface area is 155 Å². The van der Waals surface area contributed by atoms with Gasteiger partial charge in [-0.2, -0.15) is 4.31 Å². The Morgan fingerprint density at radius 1 is 1.29 bits per heavy atom. The van der Waals surface area contributed by atoms with Crippen LogP contribution in [0, 0.1) is 0 Å². The Balaban J connectivity index is 1.70. The van der Waals surface area contributed by atoms with Gasteiger partial charge in [0.25, 0.3) is 0 Å². The highest BCUT2D eigenvalue weighted by molar-refractivity contribution is 9.10. The van der Waals surface area contributed by atoms with Crippen molar-refractivity contribution in [3.63, 3.8) is 0 Å². The molecule has 2 rings (SSSR count). The zero-order chi connectivity index (χ0) is 17.7. The topological polar surface area (TPSA) is 66.9 Å². The predicted molar refractivity (Wildman–Crippen MR) is 96.9 cm³/mol. The van der Waals surface area contributed by atoms with Gasteiger partial charge in [0.15, 0.2) is 0 Å². The van der Waals surface area contributed by atoms with Crippen molar-refractivity contribution in [2.75, 3.05) is 39.0 Å². The highest BCUT2D eigenvalue weighted by Crippen LogP contribution is 2.27. The fourth-order valence-electron chi connectivity index (χ4n) is 2.43. The van der Waals surface area contributed by atoms with Crippen molar-refractivity contribution in [2.24, 2.45) is 0 Å². The van der Waals surface area contributed by atoms with Crippen LogP contribution in [0.15, 0.2) is 22.7 Å². The first kappa shape index (κ1) is 19.5. The van der Waals surface area contributed by atoms with Crippen LogP contribution < -0.4 is 4.74 Å². The molecule has 0 N–H and O–H groups in total. The lowest BCUT2D eigenvalue weighted by Gasteiger charge is -2.33. The Kier molecular flexibility index (Phi) is 6.91. The largest absolute Gasteiger partial charge is 0.492 e. The van der Waals surface area contributed by atoms with Gasteiger partial charge in [-0.1, -0.05) is 27.5 Å². The smallest absolute Gasteiger partial charge is 0.222 e. The molecule has 1 aromatic carbocycles. The molecule has 1 aliphatic heterocycles. The van der Waals surface area contributed by atoms with Gasteiger partial charge in [-0.05, 0) is 24.6 Å². The number of piperazine rings is 1. The summed E-state index contributed by atoms with van der Waals surface area (Å²) >= 11 is 9.39. The predicted octanol–water partition coefficient (Wildman–Crippen LogP) is 2.37. The number of carbonyl (C=O) groups excluding carboxylic acids is 1. The molecule has 1 heterocycles. The molecule has 1 saturated heterocycles. The quantitative estimate of drug-likeness (QED) is 0.638. The van der Waals surface area contributed by atoms with E-state index in [4.69, 9.17) is 16.3 Å². The van der Waals surface area contributed by atoms with E-state index in [0.717, 1.165) is 4.47 Å². The molecule has 0 radical (unpaired) electrons. The fourth-order valence-corrected chi connectivity index (χ4v) is 3.98. The van der Waals surface area contributed by atoms with Crippen LogP contribution in [0.5, 0.6) is 5.75 Å². The minimum atomic E-state index is -3.17. The Bertz CT molecular complexity index is 691. The van der Waals surface area contributed by atoms with Gasteiger partial charge in [-0.3, -0.25) is 4.79 Å². The molecular formula is C15H20BrClN2O4S. The monoisotopic (exact) mass is 438 g/mol. The number of halogens is 2. The number of amides is 1. The fraction of sp³-hybridized carbons (Fsp3) is 0.533. The number of sulfonamides is 1. The number of hydrogen-bond donors (Lipinski definition) is 0. The third-order valence-electron chi connectivity index (χ3n) is 3.75. The van der Waals surface area contributed by atoms with Crippen LogP contribution in [0.4, 0.5) is 0 Å². The van der Waals surface area contributed by atoms with Gasteiger partial charge in [0.05, 0.1) is 17.9 Å². The molecule has 1 aromatic rings. The summed E-state index contributed by atoms with van der Waals surface area (Å²) in [5.74, 6) is 0.614. The molecule has 0 atom stereocenters. The molecule has 0 bridgehead atoms. The maximum Gasteiger partial charge on any atom is 0.222 e. The van der Waals surface area contributed by atoms with Crippen LogP contribution >= 0.6 is 27.5 Å². The lowest BCUT2D eigenvalue weighted by atomic mass is 10.2. The molecule has 0 saturated carbocycles. The van der Waals surface area contributed by atoms with Gasteiger partial charge >= 0.3 is 0 Å². The minimum Gasteiger partial charge on any atom is -0.492 e. The molecule has 134 valence electrons. The van der Waals surface area contributed by atoms with Crippen LogP contribution in [0.1, 0.15) is 12.8 Å². The first-order chi connectivity index (χ1) is 11.3. The summed E-state index contributed by atoms with van der Waals surface area (Å²) in [6, 6.07) is 5.37. The lowest BCUT2D eigenvalue weighted by molar-refractivity contribution is -0.132. The van der Waals surface area contributed by atoms with Crippen molar-refractivity contribution < 1.29 is 17.9 Å². The third kappa shape index (κ3) is 5.61. The highest BCUT2D eigenvalue weighted by atomic mass is 79.9. The van der Waals surface area contributed by atoms with E-state index < -0.39 is 10.0 Å². The molecule has 1 aliphatic rings. The zero-order valence-electron chi connectivity index (χ0n) is 13.4. The molecule has 6 nitrogen and oxygen atoms in total. The number of nitrogens with zero attached hydrogens (tertiary/aromatic N) is 2. The molecule has 0 unspecified atom stereocenters. The average molecular weight is 440 g/mol. The number of hydrogen-bond acceptors (Lipinski definition) is 4. The maximum absolute atomic E-state index is 12.1. The molecule has 9 heteroatoms. The summed E-state index contributed by atoms with van der Waals surface area (Å²) in [5, 5.41) is 0.521. The second-order valence-corrected chi connectivity index (χ2v) is 8.87. The maximum atomic E-state index is 12.1. The summed E-state index contributed by atoms with van der Waals surface area (Å²) in [7, 11) is -3.17. The van der Waals surface area contributed by atoms with Gasteiger partial charge in [0.2, 0.25) is 15.9 Å². The number of carbonyl (C=O) groups is 1. The Morgan fingerprint density at radius 2 is 1.96 bits per heavy atom. The van der Waals surface area contributed by atoms with Crippen LogP contribution in [0.25, 0.3) is 0 Å². The number of rotatable bonds is 6. The van der Waals surface area contributed by atoms with Crippen LogP contribution in [0.3, 0.4) is 0 Å². The number of benzene rings is 1. The van der Waals surface area contributed by atoms with Crippen molar-refractivity contribution >= 4 is 43.5 Å². The summed E-state index contributed by atoms with van der Waals surface area (Å²) in [5.41, 5.74) is 0. The van der Waals surface area contributed by atoms with Crippen molar-refractivity contribution in [1.29, 1.82) is 0 Å². The molecule has 0 aliphatic carbocycles. The Morgan fingerprint density at radius 3 is 2.54 bits per heavy atom. The van der Waals surface area contributed by atoms with Gasteiger partial charge in [0.1, 0.15) is 5.75 Å². The lowest BCUT2D eigenvalue weighted by Crippen LogP contribution is -2.50. The van der Waals surface area contributed by atoms with Crippen molar-refractivity contribution in [3.8, 4) is 5.75 Å². The van der Waals surface area contributed by atoms with Gasteiger partial charge in [0, 0.05) is 37.1 Å². The molecule has 0 spiro atoms. The van der Waals surface area contributed by atoms with Crippen molar-refractivity contribution in [2.45, 2.75) is 12.8 Å². The molecule has 1 fully saturated rings. The second kappa shape index (κ2) is 8.51. The van der Waals surface area contributed by atoms with Crippen LogP contribution in [0.2, 0.25) is 5.02 Å². The Hall–Kier alpha value is -0.830. The van der Waals surface area contributed by atoms with Crippen LogP contribution in [-0.2, 0) is 14.8 Å². The van der Waals surface area contributed by atoms with E-state index in [0.29, 0.717) is 56.4 Å². The van der Waals surface area contributed by atoms with Crippen molar-refractivity contribution in [1.82, 2.24) is 9.21 Å².